The number of sulfonamides is 1. The largest absolute Gasteiger partial charge is 0.469 e. The molecular formula is C19H19BrClNO6S. The molecule has 0 fully saturated rings. The third-order valence-corrected chi connectivity index (χ3v) is 6.54. The molecule has 29 heavy (non-hydrogen) atoms. The van der Waals surface area contributed by atoms with Gasteiger partial charge in [0.15, 0.2) is 0 Å². The molecule has 0 radical (unpaired) electrons. The maximum Gasteiger partial charge on any atom is 0.338 e. The highest BCUT2D eigenvalue weighted by Gasteiger charge is 2.23. The summed E-state index contributed by atoms with van der Waals surface area (Å²) in [5.41, 5.74) is 1.71. The molecule has 2 aromatic carbocycles. The van der Waals surface area contributed by atoms with Crippen molar-refractivity contribution >= 4 is 55.2 Å². The van der Waals surface area contributed by atoms with Gasteiger partial charge in [-0.15, -0.1) is 0 Å². The number of esters is 2. The first-order valence-electron chi connectivity index (χ1n) is 8.30. The number of hydrogen-bond acceptors (Lipinski definition) is 6. The molecule has 0 aliphatic rings. The Labute approximate surface area is 182 Å². The lowest BCUT2D eigenvalue weighted by molar-refractivity contribution is -0.139. The highest BCUT2D eigenvalue weighted by molar-refractivity contribution is 9.10. The SMILES string of the molecule is COC(=O)Cc1cc(C)ccc1NS(=O)(=O)Cc1c(C(=O)OC)ccc(Br)c1Cl. The average Bonchev–Trinajstić information content (AvgIpc) is 2.66. The van der Waals surface area contributed by atoms with Crippen molar-refractivity contribution in [2.45, 2.75) is 19.1 Å². The second kappa shape index (κ2) is 9.60. The minimum Gasteiger partial charge on any atom is -0.469 e. The normalized spacial score (nSPS) is 11.1. The number of ether oxygens (including phenoxy) is 2. The fourth-order valence-electron chi connectivity index (χ4n) is 2.62. The van der Waals surface area contributed by atoms with Gasteiger partial charge in [0.05, 0.1) is 42.7 Å². The van der Waals surface area contributed by atoms with E-state index in [0.29, 0.717) is 10.0 Å². The molecule has 0 heterocycles. The zero-order valence-electron chi connectivity index (χ0n) is 15.9. The van der Waals surface area contributed by atoms with Crippen LogP contribution in [0.2, 0.25) is 5.02 Å². The summed E-state index contributed by atoms with van der Waals surface area (Å²) in [6, 6.07) is 7.94. The molecule has 0 amide bonds. The van der Waals surface area contributed by atoms with Gasteiger partial charge in [0, 0.05) is 10.0 Å². The topological polar surface area (TPSA) is 98.8 Å². The van der Waals surface area contributed by atoms with Gasteiger partial charge in [0.25, 0.3) is 0 Å². The van der Waals surface area contributed by atoms with Crippen molar-refractivity contribution in [1.82, 2.24) is 0 Å². The first-order chi connectivity index (χ1) is 13.6. The van der Waals surface area contributed by atoms with E-state index in [9.17, 15) is 18.0 Å². The number of halogens is 2. The van der Waals surface area contributed by atoms with Crippen molar-refractivity contribution in [3.05, 3.63) is 62.1 Å². The number of anilines is 1. The molecule has 1 N–H and O–H groups in total. The Morgan fingerprint density at radius 2 is 1.83 bits per heavy atom. The molecular weight excluding hydrogens is 486 g/mol. The first kappa shape index (κ1) is 23.2. The molecule has 10 heteroatoms. The van der Waals surface area contributed by atoms with Crippen LogP contribution < -0.4 is 4.72 Å². The van der Waals surface area contributed by atoms with Gasteiger partial charge in [-0.2, -0.15) is 0 Å². The summed E-state index contributed by atoms with van der Waals surface area (Å²) < 4.78 is 38.0. The number of carbonyl (C=O) groups is 2. The summed E-state index contributed by atoms with van der Waals surface area (Å²) in [6.07, 6.45) is -0.0961. The van der Waals surface area contributed by atoms with Gasteiger partial charge >= 0.3 is 11.9 Å². The van der Waals surface area contributed by atoms with Gasteiger partial charge in [0.1, 0.15) is 0 Å². The summed E-state index contributed by atoms with van der Waals surface area (Å²) in [6.45, 7) is 1.82. The van der Waals surface area contributed by atoms with Gasteiger partial charge in [-0.25, -0.2) is 13.2 Å². The molecule has 2 rings (SSSR count). The van der Waals surface area contributed by atoms with E-state index >= 15 is 0 Å². The van der Waals surface area contributed by atoms with E-state index in [0.717, 1.165) is 5.56 Å². The molecule has 0 saturated heterocycles. The summed E-state index contributed by atoms with van der Waals surface area (Å²) in [5, 5.41) is 0.0944. The Balaban J connectivity index is 2.41. The second-order valence-corrected chi connectivity index (χ2v) is 9.11. The lowest BCUT2D eigenvalue weighted by Gasteiger charge is -2.15. The molecule has 2 aromatic rings. The maximum absolute atomic E-state index is 12.8. The second-order valence-electron chi connectivity index (χ2n) is 6.15. The molecule has 0 bridgehead atoms. The summed E-state index contributed by atoms with van der Waals surface area (Å²) in [5.74, 6) is -1.77. The van der Waals surface area contributed by atoms with Crippen LogP contribution in [0.5, 0.6) is 0 Å². The summed E-state index contributed by atoms with van der Waals surface area (Å²) in [7, 11) is -1.53. The van der Waals surface area contributed by atoms with Crippen molar-refractivity contribution in [3.63, 3.8) is 0 Å². The van der Waals surface area contributed by atoms with Gasteiger partial charge < -0.3 is 9.47 Å². The Kier molecular flexibility index (Phi) is 7.67. The van der Waals surface area contributed by atoms with Crippen molar-refractivity contribution in [2.75, 3.05) is 18.9 Å². The van der Waals surface area contributed by atoms with E-state index in [1.807, 2.05) is 6.92 Å². The van der Waals surface area contributed by atoms with E-state index in [1.54, 1.807) is 18.2 Å². The zero-order chi connectivity index (χ0) is 21.8. The number of benzene rings is 2. The average molecular weight is 505 g/mol. The minimum absolute atomic E-state index is 0.0461. The van der Waals surface area contributed by atoms with Crippen LogP contribution in [0.4, 0.5) is 5.69 Å². The lowest BCUT2D eigenvalue weighted by Crippen LogP contribution is -2.19. The molecule has 7 nitrogen and oxygen atoms in total. The Hall–Kier alpha value is -2.10. The van der Waals surface area contributed by atoms with Crippen molar-refractivity contribution in [3.8, 4) is 0 Å². The fourth-order valence-corrected chi connectivity index (χ4v) is 4.59. The molecule has 156 valence electrons. The van der Waals surface area contributed by atoms with E-state index in [1.165, 1.54) is 26.4 Å². The van der Waals surface area contributed by atoms with Crippen LogP contribution in [0.25, 0.3) is 0 Å². The monoisotopic (exact) mass is 503 g/mol. The number of methoxy groups -OCH3 is 2. The number of rotatable bonds is 7. The molecule has 0 saturated carbocycles. The van der Waals surface area contributed by atoms with Gasteiger partial charge in [0.2, 0.25) is 10.0 Å². The van der Waals surface area contributed by atoms with E-state index in [-0.39, 0.29) is 28.3 Å². The van der Waals surface area contributed by atoms with Crippen LogP contribution >= 0.6 is 27.5 Å². The van der Waals surface area contributed by atoms with Crippen LogP contribution in [-0.2, 0) is 36.5 Å². The molecule has 0 aliphatic heterocycles. The number of hydrogen-bond donors (Lipinski definition) is 1. The van der Waals surface area contributed by atoms with Crippen LogP contribution in [0.3, 0.4) is 0 Å². The van der Waals surface area contributed by atoms with Crippen LogP contribution in [0.1, 0.15) is 27.0 Å². The van der Waals surface area contributed by atoms with Crippen LogP contribution in [0.15, 0.2) is 34.8 Å². The third-order valence-electron chi connectivity index (χ3n) is 4.02. The van der Waals surface area contributed by atoms with Crippen molar-refractivity contribution < 1.29 is 27.5 Å². The highest BCUT2D eigenvalue weighted by atomic mass is 79.9. The molecule has 0 aromatic heterocycles. The molecule has 0 unspecified atom stereocenters. The van der Waals surface area contributed by atoms with Gasteiger partial charge in [-0.3, -0.25) is 9.52 Å². The number of nitrogens with one attached hydrogen (secondary N) is 1. The first-order valence-corrected chi connectivity index (χ1v) is 11.1. The van der Waals surface area contributed by atoms with E-state index < -0.39 is 27.7 Å². The predicted molar refractivity (Wildman–Crippen MR) is 114 cm³/mol. The van der Waals surface area contributed by atoms with E-state index in [4.69, 9.17) is 16.3 Å². The Morgan fingerprint density at radius 3 is 2.45 bits per heavy atom. The van der Waals surface area contributed by atoms with E-state index in [2.05, 4.69) is 25.4 Å². The summed E-state index contributed by atoms with van der Waals surface area (Å²) in [4.78, 5) is 23.7. The molecule has 0 spiro atoms. The fraction of sp³-hybridized carbons (Fsp3) is 0.263. The Bertz CT molecular complexity index is 1050. The molecule has 0 aliphatic carbocycles. The summed E-state index contributed by atoms with van der Waals surface area (Å²) >= 11 is 9.47. The maximum atomic E-state index is 12.8. The standard InChI is InChI=1S/C19H19BrClNO6S/c1-11-4-7-16(12(8-11)9-17(23)27-2)22-29(25,26)10-14-13(19(24)28-3)5-6-15(20)18(14)21/h4-8,22H,9-10H2,1-3H3. The minimum atomic E-state index is -3.98. The zero-order valence-corrected chi connectivity index (χ0v) is 19.1. The smallest absolute Gasteiger partial charge is 0.338 e. The van der Waals surface area contributed by atoms with Gasteiger partial charge in [-0.05, 0) is 46.6 Å². The Morgan fingerprint density at radius 1 is 1.14 bits per heavy atom. The van der Waals surface area contributed by atoms with Crippen LogP contribution in [-0.4, -0.2) is 34.6 Å². The van der Waals surface area contributed by atoms with Crippen LogP contribution in [0, 0.1) is 6.92 Å². The van der Waals surface area contributed by atoms with Gasteiger partial charge in [-0.1, -0.05) is 29.3 Å². The predicted octanol–water partition coefficient (Wildman–Crippen LogP) is 3.85. The quantitative estimate of drug-likeness (QED) is 0.575. The van der Waals surface area contributed by atoms with Crippen molar-refractivity contribution in [1.29, 1.82) is 0 Å². The number of carbonyl (C=O) groups excluding carboxylic acids is 2. The highest BCUT2D eigenvalue weighted by Crippen LogP contribution is 2.31. The van der Waals surface area contributed by atoms with Crippen molar-refractivity contribution in [2.24, 2.45) is 0 Å². The lowest BCUT2D eigenvalue weighted by atomic mass is 10.1. The third kappa shape index (κ3) is 5.94. The molecule has 0 atom stereocenters. The number of aryl methyl sites for hydroxylation is 1.